The number of phenols is 1. The van der Waals surface area contributed by atoms with Gasteiger partial charge in [-0.3, -0.25) is 4.55 Å². The van der Waals surface area contributed by atoms with Gasteiger partial charge in [-0.1, -0.05) is 0 Å². The monoisotopic (exact) mass is 218 g/mol. The van der Waals surface area contributed by atoms with Crippen molar-refractivity contribution in [3.63, 3.8) is 0 Å². The molecule has 1 rings (SSSR count). The Morgan fingerprint density at radius 1 is 1.43 bits per heavy atom. The number of carboxylic acid groups (broad SMARTS) is 1. The molecule has 14 heavy (non-hydrogen) atoms. The molecule has 1 atom stereocenters. The van der Waals surface area contributed by atoms with Crippen LogP contribution in [-0.2, 0) is 11.4 Å². The van der Waals surface area contributed by atoms with Crippen LogP contribution in [-0.4, -0.2) is 24.9 Å². The molecular formula is C7H6O6S. The van der Waals surface area contributed by atoms with Crippen molar-refractivity contribution in [2.24, 2.45) is 0 Å². The first-order valence-corrected chi connectivity index (χ1v) is 4.39. The molecule has 0 aliphatic carbocycles. The number of carboxylic acids is 1. The molecule has 0 amide bonds. The second-order valence-corrected chi connectivity index (χ2v) is 2.89. The van der Waals surface area contributed by atoms with E-state index >= 15 is 0 Å². The Bertz CT molecular complexity index is 388. The van der Waals surface area contributed by atoms with Gasteiger partial charge in [-0.2, -0.15) is 4.21 Å². The third kappa shape index (κ3) is 2.44. The van der Waals surface area contributed by atoms with Gasteiger partial charge in [0.15, 0.2) is 0 Å². The van der Waals surface area contributed by atoms with E-state index in [0.717, 1.165) is 12.1 Å². The Hall–Kier alpha value is -1.60. The van der Waals surface area contributed by atoms with E-state index in [9.17, 15) is 9.00 Å². The summed E-state index contributed by atoms with van der Waals surface area (Å²) in [4.78, 5) is 10.5. The predicted molar refractivity (Wildman–Crippen MR) is 46.5 cm³/mol. The highest BCUT2D eigenvalue weighted by atomic mass is 32.2. The van der Waals surface area contributed by atoms with Gasteiger partial charge in [-0.05, 0) is 12.1 Å². The Morgan fingerprint density at radius 3 is 2.57 bits per heavy atom. The summed E-state index contributed by atoms with van der Waals surface area (Å²) in [6.07, 6.45) is 0. The highest BCUT2D eigenvalue weighted by Crippen LogP contribution is 2.23. The van der Waals surface area contributed by atoms with Crippen LogP contribution in [0.25, 0.3) is 0 Å². The van der Waals surface area contributed by atoms with E-state index in [4.69, 9.17) is 14.8 Å². The van der Waals surface area contributed by atoms with Crippen molar-refractivity contribution in [2.75, 3.05) is 0 Å². The molecule has 0 fully saturated rings. The maximum Gasteiger partial charge on any atom is 0.357 e. The number of aromatic carboxylic acids is 1. The Labute approximate surface area is 81.2 Å². The Morgan fingerprint density at radius 2 is 2.07 bits per heavy atom. The van der Waals surface area contributed by atoms with Crippen LogP contribution in [0.4, 0.5) is 0 Å². The minimum absolute atomic E-state index is 0.110. The van der Waals surface area contributed by atoms with Crippen LogP contribution in [0, 0.1) is 0 Å². The minimum Gasteiger partial charge on any atom is -0.507 e. The third-order valence-electron chi connectivity index (χ3n) is 1.37. The van der Waals surface area contributed by atoms with Crippen molar-refractivity contribution in [1.82, 2.24) is 0 Å². The van der Waals surface area contributed by atoms with E-state index in [2.05, 4.69) is 4.18 Å². The van der Waals surface area contributed by atoms with Gasteiger partial charge in [-0.15, -0.1) is 0 Å². The van der Waals surface area contributed by atoms with Crippen molar-refractivity contribution in [2.45, 2.75) is 0 Å². The van der Waals surface area contributed by atoms with E-state index < -0.39 is 28.6 Å². The van der Waals surface area contributed by atoms with Gasteiger partial charge < -0.3 is 14.4 Å². The number of hydrogen-bond donors (Lipinski definition) is 3. The van der Waals surface area contributed by atoms with Gasteiger partial charge >= 0.3 is 17.3 Å². The van der Waals surface area contributed by atoms with Crippen molar-refractivity contribution >= 4 is 17.3 Å². The first-order chi connectivity index (χ1) is 6.50. The van der Waals surface area contributed by atoms with E-state index in [1.54, 1.807) is 0 Å². The lowest BCUT2D eigenvalue weighted by Crippen LogP contribution is -2.01. The summed E-state index contributed by atoms with van der Waals surface area (Å²) in [5.74, 6) is -1.90. The lowest BCUT2D eigenvalue weighted by Gasteiger charge is -2.02. The maximum atomic E-state index is 10.5. The number of carbonyl (C=O) groups is 1. The summed E-state index contributed by atoms with van der Waals surface area (Å²) in [7, 11) is 0. The highest BCUT2D eigenvalue weighted by molar-refractivity contribution is 7.74. The zero-order valence-corrected chi connectivity index (χ0v) is 7.52. The molecule has 0 bridgehead atoms. The van der Waals surface area contributed by atoms with Crippen molar-refractivity contribution in [3.05, 3.63) is 23.8 Å². The first kappa shape index (κ1) is 10.5. The van der Waals surface area contributed by atoms with E-state index in [0.29, 0.717) is 0 Å². The van der Waals surface area contributed by atoms with Crippen molar-refractivity contribution < 1.29 is 28.0 Å². The second kappa shape index (κ2) is 4.07. The standard InChI is InChI=1S/C7H6O6S/c8-6-2-1-4(13-14(11)12)3-5(6)7(9)10/h1-3,8H,(H,9,10)(H,11,12). The summed E-state index contributed by atoms with van der Waals surface area (Å²) in [5, 5.41) is 17.6. The smallest absolute Gasteiger partial charge is 0.357 e. The number of rotatable bonds is 3. The fourth-order valence-corrected chi connectivity index (χ4v) is 1.09. The zero-order chi connectivity index (χ0) is 10.7. The molecule has 1 aromatic carbocycles. The summed E-state index contributed by atoms with van der Waals surface area (Å²) in [5.41, 5.74) is -0.395. The number of benzene rings is 1. The molecule has 6 nitrogen and oxygen atoms in total. The Kier molecular flexibility index (Phi) is 3.05. The summed E-state index contributed by atoms with van der Waals surface area (Å²) < 4.78 is 22.9. The zero-order valence-electron chi connectivity index (χ0n) is 6.71. The lowest BCUT2D eigenvalue weighted by atomic mass is 10.2. The number of aromatic hydroxyl groups is 1. The van der Waals surface area contributed by atoms with E-state index in [1.165, 1.54) is 6.07 Å². The van der Waals surface area contributed by atoms with Crippen LogP contribution < -0.4 is 4.18 Å². The molecule has 0 saturated carbocycles. The SMILES string of the molecule is O=C(O)c1cc(OS(=O)O)ccc1O. The predicted octanol–water partition coefficient (Wildman–Crippen LogP) is 0.606. The van der Waals surface area contributed by atoms with Gasteiger partial charge in [0.2, 0.25) is 0 Å². The highest BCUT2D eigenvalue weighted by Gasteiger charge is 2.11. The van der Waals surface area contributed by atoms with Crippen LogP contribution in [0.3, 0.4) is 0 Å². The second-order valence-electron chi connectivity index (χ2n) is 2.28. The molecular weight excluding hydrogens is 212 g/mol. The summed E-state index contributed by atoms with van der Waals surface area (Å²) in [6.45, 7) is 0. The van der Waals surface area contributed by atoms with Crippen LogP contribution in [0.1, 0.15) is 10.4 Å². The fraction of sp³-hybridized carbons (Fsp3) is 0. The van der Waals surface area contributed by atoms with Gasteiger partial charge in [0, 0.05) is 6.07 Å². The lowest BCUT2D eigenvalue weighted by molar-refractivity contribution is 0.0693. The average molecular weight is 218 g/mol. The Balaban J connectivity index is 3.06. The van der Waals surface area contributed by atoms with Crippen molar-refractivity contribution in [1.29, 1.82) is 0 Å². The molecule has 0 spiro atoms. The normalized spacial score (nSPS) is 12.1. The van der Waals surface area contributed by atoms with Gasteiger partial charge in [0.1, 0.15) is 17.1 Å². The molecule has 7 heteroatoms. The van der Waals surface area contributed by atoms with Crippen molar-refractivity contribution in [3.8, 4) is 11.5 Å². The largest absolute Gasteiger partial charge is 0.507 e. The molecule has 1 unspecified atom stereocenters. The molecule has 0 saturated heterocycles. The van der Waals surface area contributed by atoms with Gasteiger partial charge in [0.25, 0.3) is 0 Å². The molecule has 0 radical (unpaired) electrons. The van der Waals surface area contributed by atoms with Crippen LogP contribution in [0.2, 0.25) is 0 Å². The average Bonchev–Trinajstić information content (AvgIpc) is 2.07. The van der Waals surface area contributed by atoms with Gasteiger partial charge in [-0.25, -0.2) is 4.79 Å². The minimum atomic E-state index is -2.52. The first-order valence-electron chi connectivity index (χ1n) is 3.36. The molecule has 0 aliphatic heterocycles. The summed E-state index contributed by atoms with van der Waals surface area (Å²) >= 11 is -2.52. The van der Waals surface area contributed by atoms with Gasteiger partial charge in [0.05, 0.1) is 0 Å². The molecule has 0 heterocycles. The third-order valence-corrected chi connectivity index (χ3v) is 1.70. The fourth-order valence-electron chi connectivity index (χ4n) is 0.821. The molecule has 0 aliphatic rings. The quantitative estimate of drug-likeness (QED) is 0.642. The molecule has 3 N–H and O–H groups in total. The molecule has 0 aromatic heterocycles. The molecule has 76 valence electrons. The maximum absolute atomic E-state index is 10.5. The van der Waals surface area contributed by atoms with E-state index in [-0.39, 0.29) is 5.75 Å². The topological polar surface area (TPSA) is 104 Å². The van der Waals surface area contributed by atoms with Crippen LogP contribution in [0.5, 0.6) is 11.5 Å². The number of hydrogen-bond acceptors (Lipinski definition) is 4. The molecule has 1 aromatic rings. The summed E-state index contributed by atoms with van der Waals surface area (Å²) in [6, 6.07) is 3.19. The van der Waals surface area contributed by atoms with Crippen LogP contribution >= 0.6 is 0 Å². The van der Waals surface area contributed by atoms with E-state index in [1.807, 2.05) is 0 Å². The van der Waals surface area contributed by atoms with Crippen LogP contribution in [0.15, 0.2) is 18.2 Å².